The van der Waals surface area contributed by atoms with Crippen molar-refractivity contribution >= 4 is 41.8 Å². The largest absolute Gasteiger partial charge is 0.550 e. The van der Waals surface area contributed by atoms with E-state index in [2.05, 4.69) is 88.6 Å². The van der Waals surface area contributed by atoms with E-state index >= 15 is 0 Å². The molecule has 25 nitrogen and oxygen atoms in total. The molecule has 0 spiro atoms. The SMILES string of the molecule is CCCC.CCCCCCCC(OC)C(CCCCC(=O)OCC(COC(=O)CCCCC/C=C\CC(CO)C(CCC)OC(C(C)C(=O)[O-])C(C)C(C)C(=O)[O-])OC(=O)CCCC/C=C\CC(OC)C(CC1OC1CC)OC(C)C(C)C(=O)[O-])OC(C)C(C)C(=O)ONCC.CC[NH+](CC)CC.CC[NH+](CC)CC.CC[NH+](CC)CC. The minimum absolute atomic E-state index is 0.0147. The van der Waals surface area contributed by atoms with Crippen molar-refractivity contribution in [1.82, 2.24) is 5.48 Å². The molecule has 0 aromatic carbocycles. The summed E-state index contributed by atoms with van der Waals surface area (Å²) in [4.78, 5) is 97.7. The summed E-state index contributed by atoms with van der Waals surface area (Å²) in [5, 5.41) is 45.5. The summed E-state index contributed by atoms with van der Waals surface area (Å²) in [5.41, 5.74) is 2.61. The number of hydrogen-bond acceptors (Lipinski definition) is 22. The van der Waals surface area contributed by atoms with Crippen LogP contribution in [-0.2, 0) is 81.0 Å². The number of epoxide rings is 1. The van der Waals surface area contributed by atoms with Crippen LogP contribution in [0.5, 0.6) is 0 Å². The highest BCUT2D eigenvalue weighted by molar-refractivity contribution is 5.73. The van der Waals surface area contributed by atoms with Crippen molar-refractivity contribution in [2.24, 2.45) is 35.5 Å². The molecule has 1 heterocycles. The highest BCUT2D eigenvalue weighted by Gasteiger charge is 2.42. The van der Waals surface area contributed by atoms with Crippen LogP contribution >= 0.6 is 0 Å². The number of carbonyl (C=O) groups excluding carboxylic acids is 7. The van der Waals surface area contributed by atoms with Crippen LogP contribution < -0.4 is 35.5 Å². The van der Waals surface area contributed by atoms with Crippen molar-refractivity contribution in [1.29, 1.82) is 0 Å². The number of esters is 3. The predicted octanol–water partition coefficient (Wildman–Crippen LogP) is 9.71. The molecule has 0 aliphatic carbocycles. The number of allylic oxidation sites excluding steroid dienone is 3. The molecule has 1 fully saturated rings. The average molecular weight is 1680 g/mol. The number of carboxylic acids is 3. The summed E-state index contributed by atoms with van der Waals surface area (Å²) in [6, 6.07) is 0. The zero-order valence-electron chi connectivity index (χ0n) is 78.5. The Hall–Kier alpha value is -4.67. The Morgan fingerprint density at radius 3 is 1.31 bits per heavy atom. The van der Waals surface area contributed by atoms with Gasteiger partial charge in [0, 0.05) is 94.6 Å². The van der Waals surface area contributed by atoms with Gasteiger partial charge in [-0.05, 0) is 179 Å². The van der Waals surface area contributed by atoms with Gasteiger partial charge in [0.1, 0.15) is 13.2 Å². The van der Waals surface area contributed by atoms with Crippen LogP contribution in [0, 0.1) is 35.5 Å². The molecule has 1 saturated heterocycles. The zero-order chi connectivity index (χ0) is 89.5. The van der Waals surface area contributed by atoms with Crippen molar-refractivity contribution in [3.05, 3.63) is 24.3 Å². The lowest BCUT2D eigenvalue weighted by molar-refractivity contribution is -0.894. The van der Waals surface area contributed by atoms with Gasteiger partial charge in [0.15, 0.2) is 6.10 Å². The number of ether oxygens (including phenoxy) is 9. The van der Waals surface area contributed by atoms with Crippen molar-refractivity contribution in [3.63, 3.8) is 0 Å². The number of nitrogens with one attached hydrogen (secondary N) is 4. The summed E-state index contributed by atoms with van der Waals surface area (Å²) in [5.74, 6) is -10.4. The minimum Gasteiger partial charge on any atom is -0.550 e. The first-order valence-electron chi connectivity index (χ1n) is 46.1. The molecule has 1 aliphatic heterocycles. The number of aliphatic hydroxyl groups excluding tert-OH is 1. The third kappa shape index (κ3) is 60.5. The van der Waals surface area contributed by atoms with Gasteiger partial charge in [0.25, 0.3) is 0 Å². The molecule has 25 heteroatoms. The second-order valence-electron chi connectivity index (χ2n) is 31.5. The van der Waals surface area contributed by atoms with E-state index in [0.717, 1.165) is 51.4 Å². The van der Waals surface area contributed by atoms with E-state index in [0.29, 0.717) is 96.4 Å². The number of hydrogen-bond donors (Lipinski definition) is 5. The molecule has 0 saturated carbocycles. The van der Waals surface area contributed by atoms with Crippen LogP contribution in [-0.4, -0.2) is 214 Å². The van der Waals surface area contributed by atoms with Crippen molar-refractivity contribution in [3.8, 4) is 0 Å². The molecule has 1 rings (SSSR count). The van der Waals surface area contributed by atoms with Gasteiger partial charge in [-0.1, -0.05) is 151 Å². The highest BCUT2D eigenvalue weighted by atomic mass is 16.7. The topological polar surface area (TPSA) is 330 Å². The Labute approximate surface area is 712 Å². The number of unbranched alkanes of at least 4 members (excludes halogenated alkanes) is 11. The number of carboxylic acid groups (broad SMARTS) is 3. The second kappa shape index (κ2) is 78.6. The maximum atomic E-state index is 13.3. The van der Waals surface area contributed by atoms with E-state index < -0.39 is 108 Å². The van der Waals surface area contributed by atoms with Crippen molar-refractivity contribution in [2.45, 2.75) is 393 Å². The number of rotatable bonds is 69. The Bertz CT molecular complexity index is 2400. The lowest BCUT2D eigenvalue weighted by Gasteiger charge is -2.38. The molecule has 0 amide bonds. The van der Waals surface area contributed by atoms with Gasteiger partial charge in [0.2, 0.25) is 0 Å². The molecule has 5 N–H and O–H groups in total. The standard InChI is InChI=1S/C70H123NO21.3C6H15N.C4H10/c1-14-18-19-23-29-37-58(83-12)60(87-53(11)50(8)70(82)92-71-17-4)39-33-34-41-64(74)86-46-55(89-65(75)42-32-27-22-25-30-38-59(84-13)62(43-61-56(16-3)90-61)88-52(10)49(7)68(78)79)45-85-63(73)40-31-26-21-20-24-28-36-54(44-72)57(35-15-2)91-66(51(9)69(80)81)47(5)48(6)67(76)77;3*1-4-7(5-2)6-3;1-3-4-2/h24-25,28,30,47-62,66,71-72H,14-23,26-27,29,31-46H2,1-13H3,(H,76,77)(H,78,79)(H,80,81);3*4-6H2,1-3H3;3-4H2,1-2H3/b28-24-,30-25-;;;;. The lowest BCUT2D eigenvalue weighted by Crippen LogP contribution is -3.11. The van der Waals surface area contributed by atoms with Gasteiger partial charge in [-0.3, -0.25) is 14.4 Å². The smallest absolute Gasteiger partial charge is 0.330 e. The van der Waals surface area contributed by atoms with E-state index in [9.17, 15) is 54.0 Å². The van der Waals surface area contributed by atoms with E-state index in [-0.39, 0.29) is 75.5 Å². The van der Waals surface area contributed by atoms with Gasteiger partial charge in [-0.25, -0.2) is 4.79 Å². The second-order valence-corrected chi connectivity index (χ2v) is 31.5. The number of quaternary nitrogens is 3. The Balaban J connectivity index is -0.00000219. The van der Waals surface area contributed by atoms with Crippen LogP contribution in [0.4, 0.5) is 0 Å². The van der Waals surface area contributed by atoms with Gasteiger partial charge in [-0.2, -0.15) is 5.48 Å². The van der Waals surface area contributed by atoms with E-state index in [1.165, 1.54) is 85.6 Å². The van der Waals surface area contributed by atoms with Crippen LogP contribution in [0.15, 0.2) is 24.3 Å². The average Bonchev–Trinajstić information content (AvgIpc) is 1.78. The quantitative estimate of drug-likeness (QED) is 0.00944. The maximum Gasteiger partial charge on any atom is 0.330 e. The third-order valence-electron chi connectivity index (χ3n) is 22.7. The molecule has 17 unspecified atom stereocenters. The molecular weight excluding hydrogens is 1500 g/mol. The van der Waals surface area contributed by atoms with E-state index in [1.807, 2.05) is 52.0 Å². The van der Waals surface area contributed by atoms with Gasteiger partial charge < -0.3 is 97.0 Å². The van der Waals surface area contributed by atoms with Gasteiger partial charge >= 0.3 is 23.9 Å². The molecule has 0 aromatic rings. The fourth-order valence-corrected chi connectivity index (χ4v) is 13.1. The monoisotopic (exact) mass is 1680 g/mol. The summed E-state index contributed by atoms with van der Waals surface area (Å²) >= 11 is 0. The number of aliphatic carboxylic acids is 3. The molecule has 0 bridgehead atoms. The Kier molecular flexibility index (Phi) is 79.7. The number of aliphatic hydroxyl groups is 1. The summed E-state index contributed by atoms with van der Waals surface area (Å²) < 4.78 is 53.6. The summed E-state index contributed by atoms with van der Waals surface area (Å²) in [6.45, 7) is 54.8. The molecule has 117 heavy (non-hydrogen) atoms. The summed E-state index contributed by atoms with van der Waals surface area (Å²) in [6.07, 6.45) is 21.8. The Morgan fingerprint density at radius 2 is 0.872 bits per heavy atom. The number of hydroxylamine groups is 1. The van der Waals surface area contributed by atoms with Crippen LogP contribution in [0.3, 0.4) is 0 Å². The third-order valence-corrected chi connectivity index (χ3v) is 22.7. The molecule has 17 atom stereocenters. The molecule has 0 aromatic heterocycles. The van der Waals surface area contributed by atoms with Gasteiger partial charge in [-0.15, -0.1) is 0 Å². The molecular formula is C92H178N4O21. The van der Waals surface area contributed by atoms with Crippen LogP contribution in [0.1, 0.15) is 326 Å². The fraction of sp³-hybridized carbons (Fsp3) is 0.880. The normalized spacial score (nSPS) is 17.1. The van der Waals surface area contributed by atoms with Gasteiger partial charge in [0.05, 0.1) is 126 Å². The predicted molar refractivity (Wildman–Crippen MR) is 460 cm³/mol. The summed E-state index contributed by atoms with van der Waals surface area (Å²) in [7, 11) is 3.25. The fourth-order valence-electron chi connectivity index (χ4n) is 13.1. The molecule has 0 radical (unpaired) electrons. The zero-order valence-corrected chi connectivity index (χ0v) is 78.5. The van der Waals surface area contributed by atoms with Crippen molar-refractivity contribution in [2.75, 3.05) is 99.5 Å². The maximum absolute atomic E-state index is 13.3. The van der Waals surface area contributed by atoms with Crippen LogP contribution in [0.25, 0.3) is 0 Å². The number of carbonyl (C=O) groups is 7. The molecule has 1 aliphatic rings. The first kappa shape index (κ1) is 119. The lowest BCUT2D eigenvalue weighted by atomic mass is 9.83. The van der Waals surface area contributed by atoms with E-state index in [4.69, 9.17) is 47.5 Å². The Morgan fingerprint density at radius 1 is 0.436 bits per heavy atom. The van der Waals surface area contributed by atoms with Crippen LogP contribution in [0.2, 0.25) is 0 Å². The number of methoxy groups -OCH3 is 2. The van der Waals surface area contributed by atoms with Crippen molar-refractivity contribution < 1.29 is 116 Å². The molecule has 692 valence electrons. The first-order chi connectivity index (χ1) is 55.9. The van der Waals surface area contributed by atoms with E-state index in [1.54, 1.807) is 56.6 Å². The minimum atomic E-state index is -1.36. The first-order valence-corrected chi connectivity index (χ1v) is 46.1. The highest BCUT2D eigenvalue weighted by Crippen LogP contribution is 2.34.